The maximum Gasteiger partial charge on any atom is 0.0959 e. The van der Waals surface area contributed by atoms with Crippen LogP contribution in [-0.2, 0) is 9.47 Å². The first-order chi connectivity index (χ1) is 6.86. The average Bonchev–Trinajstić information content (AvgIpc) is 2.44. The van der Waals surface area contributed by atoms with E-state index in [2.05, 4.69) is 15.9 Å². The van der Waals surface area contributed by atoms with Crippen molar-refractivity contribution < 1.29 is 9.47 Å². The van der Waals surface area contributed by atoms with Crippen molar-refractivity contribution in [2.45, 2.75) is 55.6 Å². The summed E-state index contributed by atoms with van der Waals surface area (Å²) in [7, 11) is 0. The molecule has 2 fully saturated rings. The number of halogens is 1. The fourth-order valence-electron chi connectivity index (χ4n) is 2.26. The highest BCUT2D eigenvalue weighted by molar-refractivity contribution is 9.09. The van der Waals surface area contributed by atoms with Crippen LogP contribution in [-0.4, -0.2) is 30.2 Å². The molecular formula is C11H19BrO2. The van der Waals surface area contributed by atoms with E-state index in [4.69, 9.17) is 9.47 Å². The molecule has 2 nitrogen and oxygen atoms in total. The van der Waals surface area contributed by atoms with E-state index in [1.54, 1.807) is 0 Å². The molecule has 0 aromatic carbocycles. The highest BCUT2D eigenvalue weighted by Crippen LogP contribution is 2.25. The molecule has 0 N–H and O–H groups in total. The van der Waals surface area contributed by atoms with Crippen molar-refractivity contribution in [1.29, 1.82) is 0 Å². The van der Waals surface area contributed by atoms with E-state index in [-0.39, 0.29) is 6.10 Å². The number of ether oxygens (including phenoxy) is 2. The normalized spacial score (nSPS) is 35.8. The first-order valence-corrected chi connectivity index (χ1v) is 6.65. The molecule has 2 rings (SSSR count). The lowest BCUT2D eigenvalue weighted by molar-refractivity contribution is -0.0200. The van der Waals surface area contributed by atoms with Crippen LogP contribution in [0.1, 0.15) is 38.5 Å². The molecule has 82 valence electrons. The van der Waals surface area contributed by atoms with Crippen molar-refractivity contribution in [2.24, 2.45) is 0 Å². The van der Waals surface area contributed by atoms with Gasteiger partial charge in [-0.3, -0.25) is 0 Å². The van der Waals surface area contributed by atoms with Crippen molar-refractivity contribution in [1.82, 2.24) is 0 Å². The smallest absolute Gasteiger partial charge is 0.0959 e. The van der Waals surface area contributed by atoms with E-state index in [0.717, 1.165) is 13.2 Å². The Morgan fingerprint density at radius 2 is 1.71 bits per heavy atom. The summed E-state index contributed by atoms with van der Waals surface area (Å²) in [4.78, 5) is 0.408. The Morgan fingerprint density at radius 3 is 2.29 bits per heavy atom. The molecule has 1 saturated heterocycles. The highest BCUT2D eigenvalue weighted by atomic mass is 79.9. The van der Waals surface area contributed by atoms with Gasteiger partial charge >= 0.3 is 0 Å². The van der Waals surface area contributed by atoms with Crippen LogP contribution in [0.25, 0.3) is 0 Å². The van der Waals surface area contributed by atoms with Gasteiger partial charge in [-0.1, -0.05) is 41.6 Å². The van der Waals surface area contributed by atoms with Gasteiger partial charge in [-0.05, 0) is 12.8 Å². The molecule has 1 heterocycles. The predicted molar refractivity (Wildman–Crippen MR) is 59.9 cm³/mol. The van der Waals surface area contributed by atoms with Gasteiger partial charge in [0, 0.05) is 0 Å². The Morgan fingerprint density at radius 1 is 1.00 bits per heavy atom. The molecule has 2 aliphatic rings. The number of alkyl halides is 1. The molecule has 0 bridgehead atoms. The number of hydrogen-bond acceptors (Lipinski definition) is 2. The van der Waals surface area contributed by atoms with E-state index < -0.39 is 0 Å². The maximum absolute atomic E-state index is 6.07. The molecule has 0 amide bonds. The molecular weight excluding hydrogens is 244 g/mol. The van der Waals surface area contributed by atoms with E-state index in [9.17, 15) is 0 Å². The van der Waals surface area contributed by atoms with Gasteiger partial charge in [-0.15, -0.1) is 0 Å². The SMILES string of the molecule is BrC1COCC1OC1CCCCCC1. The van der Waals surface area contributed by atoms with Crippen LogP contribution in [0.3, 0.4) is 0 Å². The molecule has 0 spiro atoms. The van der Waals surface area contributed by atoms with Crippen LogP contribution in [0.5, 0.6) is 0 Å². The standard InChI is InChI=1S/C11H19BrO2/c12-10-7-13-8-11(10)14-9-5-3-1-2-4-6-9/h9-11H,1-8H2. The van der Waals surface area contributed by atoms with Gasteiger partial charge in [0.2, 0.25) is 0 Å². The van der Waals surface area contributed by atoms with Crippen LogP contribution >= 0.6 is 15.9 Å². The van der Waals surface area contributed by atoms with Gasteiger partial charge in [-0.25, -0.2) is 0 Å². The fourth-order valence-corrected chi connectivity index (χ4v) is 2.72. The van der Waals surface area contributed by atoms with Crippen LogP contribution in [0.2, 0.25) is 0 Å². The van der Waals surface area contributed by atoms with Crippen molar-refractivity contribution in [3.8, 4) is 0 Å². The summed E-state index contributed by atoms with van der Waals surface area (Å²) in [5, 5.41) is 0. The minimum absolute atomic E-state index is 0.290. The zero-order valence-electron chi connectivity index (χ0n) is 8.58. The molecule has 0 radical (unpaired) electrons. The van der Waals surface area contributed by atoms with Crippen molar-refractivity contribution >= 4 is 15.9 Å². The molecule has 1 saturated carbocycles. The molecule has 2 atom stereocenters. The topological polar surface area (TPSA) is 18.5 Å². The Labute approximate surface area is 94.5 Å². The summed E-state index contributed by atoms with van der Waals surface area (Å²) in [6.07, 6.45) is 8.72. The lowest BCUT2D eigenvalue weighted by Crippen LogP contribution is -2.28. The lowest BCUT2D eigenvalue weighted by atomic mass is 10.1. The third-order valence-corrected chi connectivity index (χ3v) is 3.99. The molecule has 0 aromatic heterocycles. The first kappa shape index (κ1) is 10.9. The summed E-state index contributed by atoms with van der Waals surface area (Å²) >= 11 is 3.60. The third-order valence-electron chi connectivity index (χ3n) is 3.13. The zero-order chi connectivity index (χ0) is 9.80. The maximum atomic E-state index is 6.07. The second-order valence-electron chi connectivity index (χ2n) is 4.34. The number of hydrogen-bond donors (Lipinski definition) is 0. The number of rotatable bonds is 2. The van der Waals surface area contributed by atoms with Crippen LogP contribution in [0.15, 0.2) is 0 Å². The second-order valence-corrected chi connectivity index (χ2v) is 5.52. The van der Waals surface area contributed by atoms with Crippen molar-refractivity contribution in [3.05, 3.63) is 0 Å². The molecule has 3 heteroatoms. The fraction of sp³-hybridized carbons (Fsp3) is 1.00. The van der Waals surface area contributed by atoms with Gasteiger partial charge in [0.05, 0.1) is 30.2 Å². The summed E-state index contributed by atoms with van der Waals surface area (Å²) in [5.74, 6) is 0. The van der Waals surface area contributed by atoms with E-state index in [0.29, 0.717) is 10.9 Å². The summed E-state index contributed by atoms with van der Waals surface area (Å²) < 4.78 is 11.4. The van der Waals surface area contributed by atoms with Gasteiger partial charge in [-0.2, -0.15) is 0 Å². The van der Waals surface area contributed by atoms with Crippen molar-refractivity contribution in [2.75, 3.05) is 13.2 Å². The van der Waals surface area contributed by atoms with Gasteiger partial charge in [0.25, 0.3) is 0 Å². The monoisotopic (exact) mass is 262 g/mol. The molecule has 1 aliphatic heterocycles. The van der Waals surface area contributed by atoms with Crippen LogP contribution in [0.4, 0.5) is 0 Å². The summed E-state index contributed by atoms with van der Waals surface area (Å²) in [6.45, 7) is 1.57. The van der Waals surface area contributed by atoms with Gasteiger partial charge < -0.3 is 9.47 Å². The first-order valence-electron chi connectivity index (χ1n) is 5.73. The van der Waals surface area contributed by atoms with Crippen molar-refractivity contribution in [3.63, 3.8) is 0 Å². The largest absolute Gasteiger partial charge is 0.377 e. The Kier molecular flexibility index (Phi) is 4.26. The third kappa shape index (κ3) is 2.94. The quantitative estimate of drug-likeness (QED) is 0.563. The van der Waals surface area contributed by atoms with Crippen LogP contribution < -0.4 is 0 Å². The van der Waals surface area contributed by atoms with E-state index in [1.165, 1.54) is 38.5 Å². The highest BCUT2D eigenvalue weighted by Gasteiger charge is 2.29. The Bertz CT molecular complexity index is 167. The Hall–Kier alpha value is 0.400. The molecule has 0 aromatic rings. The van der Waals surface area contributed by atoms with Gasteiger partial charge in [0.15, 0.2) is 0 Å². The second kappa shape index (κ2) is 5.47. The molecule has 14 heavy (non-hydrogen) atoms. The minimum atomic E-state index is 0.290. The minimum Gasteiger partial charge on any atom is -0.377 e. The van der Waals surface area contributed by atoms with E-state index >= 15 is 0 Å². The van der Waals surface area contributed by atoms with Crippen LogP contribution in [0, 0.1) is 0 Å². The molecule has 1 aliphatic carbocycles. The van der Waals surface area contributed by atoms with E-state index in [1.807, 2.05) is 0 Å². The zero-order valence-corrected chi connectivity index (χ0v) is 10.2. The average molecular weight is 263 g/mol. The Balaban J connectivity index is 1.77. The lowest BCUT2D eigenvalue weighted by Gasteiger charge is -2.21. The summed E-state index contributed by atoms with van der Waals surface area (Å²) in [5.41, 5.74) is 0. The molecule has 2 unspecified atom stereocenters. The van der Waals surface area contributed by atoms with Gasteiger partial charge in [0.1, 0.15) is 0 Å². The summed E-state index contributed by atoms with van der Waals surface area (Å²) in [6, 6.07) is 0. The predicted octanol–water partition coefficient (Wildman–Crippen LogP) is 2.89.